The molecule has 2 heterocycles. The normalized spacial score (nSPS) is 18.2. The minimum absolute atomic E-state index is 0.0678. The first kappa shape index (κ1) is 20.9. The molecule has 1 saturated heterocycles. The highest BCUT2D eigenvalue weighted by Gasteiger charge is 2.48. The second-order valence-electron chi connectivity index (χ2n) is 7.60. The maximum Gasteiger partial charge on any atom is 0.301 e. The fourth-order valence-electron chi connectivity index (χ4n) is 3.56. The lowest BCUT2D eigenvalue weighted by Crippen LogP contribution is -2.29. The summed E-state index contributed by atoms with van der Waals surface area (Å²) in [6.45, 7) is 5.89. The van der Waals surface area contributed by atoms with Gasteiger partial charge in [-0.3, -0.25) is 14.5 Å². The minimum atomic E-state index is -0.876. The van der Waals surface area contributed by atoms with Crippen LogP contribution in [0.1, 0.15) is 47.5 Å². The average molecular weight is 437 g/mol. The van der Waals surface area contributed by atoms with Crippen molar-refractivity contribution >= 4 is 33.9 Å². The molecule has 1 amide bonds. The third kappa shape index (κ3) is 3.74. The number of amides is 1. The molecule has 0 bridgehead atoms. The van der Waals surface area contributed by atoms with E-state index >= 15 is 0 Å². The molecule has 1 atom stereocenters. The summed E-state index contributed by atoms with van der Waals surface area (Å²) in [7, 11) is 0. The van der Waals surface area contributed by atoms with Gasteiger partial charge in [0.2, 0.25) is 5.13 Å². The highest BCUT2D eigenvalue weighted by atomic mass is 32.1. The first-order valence-corrected chi connectivity index (χ1v) is 10.6. The van der Waals surface area contributed by atoms with E-state index in [9.17, 15) is 19.1 Å². The molecule has 1 aliphatic heterocycles. The summed E-state index contributed by atoms with van der Waals surface area (Å²) < 4.78 is 13.4. The van der Waals surface area contributed by atoms with Gasteiger partial charge in [-0.05, 0) is 48.2 Å². The van der Waals surface area contributed by atoms with Gasteiger partial charge in [-0.2, -0.15) is 0 Å². The van der Waals surface area contributed by atoms with Crippen molar-refractivity contribution in [1.29, 1.82) is 0 Å². The number of carbonyl (C=O) groups is 2. The van der Waals surface area contributed by atoms with Gasteiger partial charge in [-0.15, -0.1) is 10.2 Å². The number of benzene rings is 2. The van der Waals surface area contributed by atoms with Gasteiger partial charge in [0.25, 0.3) is 5.78 Å². The largest absolute Gasteiger partial charge is 0.507 e. The third-order valence-corrected chi connectivity index (χ3v) is 6.04. The molecular weight excluding hydrogens is 417 g/mol. The van der Waals surface area contributed by atoms with Crippen molar-refractivity contribution in [3.63, 3.8) is 0 Å². The van der Waals surface area contributed by atoms with Gasteiger partial charge in [0.15, 0.2) is 0 Å². The van der Waals surface area contributed by atoms with E-state index in [0.717, 1.165) is 5.56 Å². The zero-order chi connectivity index (χ0) is 22.3. The Bertz CT molecular complexity index is 1180. The van der Waals surface area contributed by atoms with Crippen molar-refractivity contribution in [3.8, 4) is 0 Å². The minimum Gasteiger partial charge on any atom is -0.507 e. The lowest BCUT2D eigenvalue weighted by Gasteiger charge is -2.23. The van der Waals surface area contributed by atoms with E-state index in [-0.39, 0.29) is 22.0 Å². The number of aliphatic hydroxyl groups excluding tert-OH is 1. The van der Waals surface area contributed by atoms with E-state index in [2.05, 4.69) is 24.0 Å². The second-order valence-corrected chi connectivity index (χ2v) is 8.76. The molecular formula is C23H20FN3O3S. The lowest BCUT2D eigenvalue weighted by molar-refractivity contribution is -0.132. The van der Waals surface area contributed by atoms with E-state index < -0.39 is 23.5 Å². The van der Waals surface area contributed by atoms with Crippen LogP contribution in [0, 0.1) is 12.7 Å². The predicted octanol–water partition coefficient (Wildman–Crippen LogP) is 4.74. The Kier molecular flexibility index (Phi) is 5.41. The Hall–Kier alpha value is -3.39. The van der Waals surface area contributed by atoms with Gasteiger partial charge in [0.05, 0.1) is 11.6 Å². The van der Waals surface area contributed by atoms with Gasteiger partial charge in [-0.25, -0.2) is 4.39 Å². The lowest BCUT2D eigenvalue weighted by atomic mass is 9.93. The van der Waals surface area contributed by atoms with E-state index in [1.165, 1.54) is 40.5 Å². The first-order valence-electron chi connectivity index (χ1n) is 9.75. The van der Waals surface area contributed by atoms with Crippen molar-refractivity contribution in [1.82, 2.24) is 10.2 Å². The van der Waals surface area contributed by atoms with Crippen LogP contribution in [-0.2, 0) is 9.59 Å². The number of aromatic nitrogens is 2. The van der Waals surface area contributed by atoms with E-state index in [4.69, 9.17) is 0 Å². The summed E-state index contributed by atoms with van der Waals surface area (Å²) in [5.74, 6) is -2.14. The average Bonchev–Trinajstić information content (AvgIpc) is 3.29. The van der Waals surface area contributed by atoms with Crippen LogP contribution in [-0.4, -0.2) is 27.0 Å². The quantitative estimate of drug-likeness (QED) is 0.362. The molecule has 1 aliphatic rings. The molecule has 1 N–H and O–H groups in total. The van der Waals surface area contributed by atoms with Crippen LogP contribution in [0.15, 0.2) is 54.1 Å². The monoisotopic (exact) mass is 437 g/mol. The summed E-state index contributed by atoms with van der Waals surface area (Å²) >= 11 is 1.19. The number of aliphatic hydroxyl groups is 1. The number of ketones is 1. The van der Waals surface area contributed by atoms with E-state index in [1.807, 2.05) is 24.3 Å². The Morgan fingerprint density at radius 2 is 1.71 bits per heavy atom. The Labute approximate surface area is 182 Å². The molecule has 0 spiro atoms. The smallest absolute Gasteiger partial charge is 0.301 e. The van der Waals surface area contributed by atoms with Crippen molar-refractivity contribution in [3.05, 3.63) is 81.6 Å². The number of carbonyl (C=O) groups excluding carboxylic acids is 2. The van der Waals surface area contributed by atoms with Crippen LogP contribution < -0.4 is 4.90 Å². The molecule has 2 aromatic carbocycles. The highest BCUT2D eigenvalue weighted by molar-refractivity contribution is 7.15. The maximum absolute atomic E-state index is 13.4. The molecule has 8 heteroatoms. The summed E-state index contributed by atoms with van der Waals surface area (Å²) in [5, 5.41) is 19.9. The fraction of sp³-hybridized carbons (Fsp3) is 0.217. The number of halogens is 1. The van der Waals surface area contributed by atoms with Gasteiger partial charge in [-0.1, -0.05) is 49.4 Å². The Balaban J connectivity index is 1.91. The molecule has 3 aromatic rings. The van der Waals surface area contributed by atoms with Crippen molar-refractivity contribution in [2.75, 3.05) is 4.90 Å². The van der Waals surface area contributed by atoms with E-state index in [1.54, 1.807) is 6.92 Å². The van der Waals surface area contributed by atoms with Crippen LogP contribution in [0.5, 0.6) is 0 Å². The first-order chi connectivity index (χ1) is 14.8. The highest BCUT2D eigenvalue weighted by Crippen LogP contribution is 2.43. The van der Waals surface area contributed by atoms with Crippen LogP contribution in [0.3, 0.4) is 0 Å². The van der Waals surface area contributed by atoms with Crippen LogP contribution in [0.4, 0.5) is 9.52 Å². The van der Waals surface area contributed by atoms with E-state index in [0.29, 0.717) is 16.5 Å². The van der Waals surface area contributed by atoms with Crippen LogP contribution in [0.25, 0.3) is 5.76 Å². The number of hydrogen-bond donors (Lipinski definition) is 1. The number of aryl methyl sites for hydroxylation is 1. The molecule has 6 nitrogen and oxygen atoms in total. The number of rotatable bonds is 4. The van der Waals surface area contributed by atoms with Crippen LogP contribution >= 0.6 is 11.3 Å². The zero-order valence-corrected chi connectivity index (χ0v) is 18.0. The number of hydrogen-bond acceptors (Lipinski definition) is 6. The molecule has 0 saturated carbocycles. The van der Waals surface area contributed by atoms with Gasteiger partial charge < -0.3 is 5.11 Å². The zero-order valence-electron chi connectivity index (χ0n) is 17.2. The van der Waals surface area contributed by atoms with Crippen molar-refractivity contribution < 1.29 is 19.1 Å². The topological polar surface area (TPSA) is 83.4 Å². The summed E-state index contributed by atoms with van der Waals surface area (Å²) in [5.41, 5.74) is 1.93. The molecule has 1 unspecified atom stereocenters. The predicted molar refractivity (Wildman–Crippen MR) is 116 cm³/mol. The summed E-state index contributed by atoms with van der Waals surface area (Å²) in [4.78, 5) is 27.3. The number of nitrogens with zero attached hydrogens (tertiary/aromatic N) is 3. The van der Waals surface area contributed by atoms with Crippen molar-refractivity contribution in [2.45, 2.75) is 32.7 Å². The molecule has 158 valence electrons. The summed E-state index contributed by atoms with van der Waals surface area (Å²) in [6.07, 6.45) is 0. The van der Waals surface area contributed by atoms with Gasteiger partial charge in [0, 0.05) is 5.56 Å². The van der Waals surface area contributed by atoms with Gasteiger partial charge >= 0.3 is 5.91 Å². The molecule has 4 rings (SSSR count). The molecule has 0 radical (unpaired) electrons. The Morgan fingerprint density at radius 1 is 1.06 bits per heavy atom. The van der Waals surface area contributed by atoms with Crippen molar-refractivity contribution in [2.24, 2.45) is 0 Å². The molecule has 0 aliphatic carbocycles. The molecule has 31 heavy (non-hydrogen) atoms. The van der Waals surface area contributed by atoms with Crippen LogP contribution in [0.2, 0.25) is 0 Å². The standard InChI is InChI=1S/C23H20FN3O3S/c1-12(2)14-4-6-15(7-5-14)19-18(20(28)16-8-10-17(24)11-9-16)21(29)22(30)27(19)23-26-25-13(3)31-23/h4-12,19,28H,1-3H3. The second kappa shape index (κ2) is 8.03. The maximum atomic E-state index is 13.4. The molecule has 1 fully saturated rings. The Morgan fingerprint density at radius 3 is 2.26 bits per heavy atom. The number of Topliss-reactive ketones (excluding diaryl/α,β-unsaturated/α-hetero) is 1. The molecule has 1 aromatic heterocycles. The summed E-state index contributed by atoms with van der Waals surface area (Å²) in [6, 6.07) is 11.8. The fourth-order valence-corrected chi connectivity index (χ4v) is 4.27. The number of anilines is 1. The SMILES string of the molecule is Cc1nnc(N2C(=O)C(=O)C(=C(O)c3ccc(F)cc3)C2c2ccc(C(C)C)cc2)s1. The third-order valence-electron chi connectivity index (χ3n) is 5.20. The van der Waals surface area contributed by atoms with Gasteiger partial charge in [0.1, 0.15) is 16.6 Å².